The lowest BCUT2D eigenvalue weighted by Gasteiger charge is -2.24. The molecular weight excluding hydrogens is 360 g/mol. The van der Waals surface area contributed by atoms with Crippen molar-refractivity contribution in [1.82, 2.24) is 9.80 Å². The number of carbonyl (C=O) groups excluding carboxylic acids is 2. The molecular formula is C16H16F4N2O4. The molecule has 10 heteroatoms. The van der Waals surface area contributed by atoms with Gasteiger partial charge in [-0.05, 0) is 17.7 Å². The van der Waals surface area contributed by atoms with Gasteiger partial charge >= 0.3 is 12.1 Å². The van der Waals surface area contributed by atoms with Crippen LogP contribution in [0.4, 0.5) is 17.6 Å². The Labute approximate surface area is 146 Å². The van der Waals surface area contributed by atoms with Crippen LogP contribution in [-0.2, 0) is 20.9 Å². The van der Waals surface area contributed by atoms with Crippen LogP contribution in [0.25, 0.3) is 0 Å². The van der Waals surface area contributed by atoms with E-state index in [1.807, 2.05) is 0 Å². The van der Waals surface area contributed by atoms with Gasteiger partial charge in [0.25, 0.3) is 0 Å². The average molecular weight is 376 g/mol. The third-order valence-corrected chi connectivity index (χ3v) is 3.86. The molecule has 26 heavy (non-hydrogen) atoms. The van der Waals surface area contributed by atoms with Crippen LogP contribution in [0.5, 0.6) is 0 Å². The Kier molecular flexibility index (Phi) is 5.83. The quantitative estimate of drug-likeness (QED) is 0.766. The van der Waals surface area contributed by atoms with Gasteiger partial charge in [0.15, 0.2) is 0 Å². The van der Waals surface area contributed by atoms with E-state index < -0.39 is 61.8 Å². The summed E-state index contributed by atoms with van der Waals surface area (Å²) in [5, 5.41) is 8.97. The van der Waals surface area contributed by atoms with Crippen molar-refractivity contribution in [3.05, 3.63) is 35.6 Å². The minimum atomic E-state index is -4.58. The first kappa shape index (κ1) is 19.7. The lowest BCUT2D eigenvalue weighted by molar-refractivity contribution is -0.157. The first-order valence-electron chi connectivity index (χ1n) is 7.64. The molecule has 0 spiro atoms. The number of likely N-dealkylation sites (tertiary alicyclic amines) is 1. The largest absolute Gasteiger partial charge is 0.480 e. The number of hydrogen-bond acceptors (Lipinski definition) is 3. The van der Waals surface area contributed by atoms with E-state index in [1.54, 1.807) is 0 Å². The highest BCUT2D eigenvalue weighted by atomic mass is 19.4. The molecule has 0 radical (unpaired) electrons. The molecule has 1 aliphatic heterocycles. The molecule has 0 saturated carbocycles. The molecule has 2 rings (SSSR count). The maximum atomic E-state index is 13.0. The van der Waals surface area contributed by atoms with Gasteiger partial charge in [0.2, 0.25) is 11.8 Å². The number of halogens is 4. The van der Waals surface area contributed by atoms with Crippen LogP contribution in [0, 0.1) is 11.7 Å². The van der Waals surface area contributed by atoms with Crippen LogP contribution in [0.1, 0.15) is 12.0 Å². The highest BCUT2D eigenvalue weighted by molar-refractivity contribution is 5.90. The van der Waals surface area contributed by atoms with Gasteiger partial charge in [0.05, 0.1) is 5.92 Å². The normalized spacial score (nSPS) is 17.5. The van der Waals surface area contributed by atoms with Gasteiger partial charge in [-0.15, -0.1) is 0 Å². The first-order chi connectivity index (χ1) is 12.0. The lowest BCUT2D eigenvalue weighted by atomic mass is 10.1. The average Bonchev–Trinajstić information content (AvgIpc) is 2.86. The second-order valence-corrected chi connectivity index (χ2v) is 6.00. The summed E-state index contributed by atoms with van der Waals surface area (Å²) in [5.41, 5.74) is 0.456. The molecule has 142 valence electrons. The number of hydrogen-bond donors (Lipinski definition) is 1. The molecule has 1 atom stereocenters. The number of alkyl halides is 3. The van der Waals surface area contributed by atoms with Gasteiger partial charge < -0.3 is 14.9 Å². The molecule has 1 unspecified atom stereocenters. The minimum Gasteiger partial charge on any atom is -0.480 e. The Morgan fingerprint density at radius 3 is 2.38 bits per heavy atom. The molecule has 2 amide bonds. The van der Waals surface area contributed by atoms with Crippen molar-refractivity contribution in [1.29, 1.82) is 0 Å². The zero-order valence-corrected chi connectivity index (χ0v) is 13.5. The number of carbonyl (C=O) groups is 3. The Morgan fingerprint density at radius 2 is 1.85 bits per heavy atom. The molecule has 0 aromatic heterocycles. The number of carboxylic acid groups (broad SMARTS) is 1. The SMILES string of the molecule is O=C(O)CN(Cc1ccc(F)cc1)C(=O)C1CC(=O)N(CC(F)(F)F)C1. The number of nitrogens with zero attached hydrogens (tertiary/aromatic N) is 2. The van der Waals surface area contributed by atoms with Crippen LogP contribution >= 0.6 is 0 Å². The molecule has 1 aliphatic rings. The topological polar surface area (TPSA) is 77.9 Å². The van der Waals surface area contributed by atoms with Crippen molar-refractivity contribution in [2.24, 2.45) is 5.92 Å². The zero-order valence-electron chi connectivity index (χ0n) is 13.5. The van der Waals surface area contributed by atoms with E-state index in [9.17, 15) is 31.9 Å². The van der Waals surface area contributed by atoms with Gasteiger partial charge in [0, 0.05) is 19.5 Å². The molecule has 1 fully saturated rings. The van der Waals surface area contributed by atoms with E-state index in [4.69, 9.17) is 5.11 Å². The number of benzene rings is 1. The fourth-order valence-corrected chi connectivity index (χ4v) is 2.75. The Bertz CT molecular complexity index is 690. The van der Waals surface area contributed by atoms with E-state index >= 15 is 0 Å². The molecule has 1 aromatic rings. The summed E-state index contributed by atoms with van der Waals surface area (Å²) >= 11 is 0. The molecule has 6 nitrogen and oxygen atoms in total. The second kappa shape index (κ2) is 7.71. The molecule has 1 saturated heterocycles. The summed E-state index contributed by atoms with van der Waals surface area (Å²) in [7, 11) is 0. The van der Waals surface area contributed by atoms with Gasteiger partial charge in [-0.3, -0.25) is 14.4 Å². The Morgan fingerprint density at radius 1 is 1.23 bits per heavy atom. The van der Waals surface area contributed by atoms with Crippen LogP contribution in [-0.4, -0.2) is 58.5 Å². The van der Waals surface area contributed by atoms with Gasteiger partial charge in [0.1, 0.15) is 18.9 Å². The minimum absolute atomic E-state index is 0.157. The van der Waals surface area contributed by atoms with E-state index in [0.717, 1.165) is 17.0 Å². The third kappa shape index (κ3) is 5.43. The molecule has 1 aromatic carbocycles. The summed E-state index contributed by atoms with van der Waals surface area (Å²) in [5.74, 6) is -4.40. The monoisotopic (exact) mass is 376 g/mol. The predicted molar refractivity (Wildman–Crippen MR) is 80.2 cm³/mol. The fourth-order valence-electron chi connectivity index (χ4n) is 2.75. The molecule has 1 heterocycles. The number of rotatable bonds is 6. The van der Waals surface area contributed by atoms with Crippen LogP contribution < -0.4 is 0 Å². The summed E-state index contributed by atoms with van der Waals surface area (Å²) < 4.78 is 50.3. The molecule has 1 N–H and O–H groups in total. The van der Waals surface area contributed by atoms with Gasteiger partial charge in [-0.2, -0.15) is 13.2 Å². The maximum absolute atomic E-state index is 13.0. The Hall–Kier alpha value is -2.65. The van der Waals surface area contributed by atoms with Gasteiger partial charge in [-0.25, -0.2) is 4.39 Å². The number of amides is 2. The number of aliphatic carboxylic acids is 1. The van der Waals surface area contributed by atoms with Crippen molar-refractivity contribution >= 4 is 17.8 Å². The maximum Gasteiger partial charge on any atom is 0.406 e. The van der Waals surface area contributed by atoms with Crippen molar-refractivity contribution < 1.29 is 37.1 Å². The lowest BCUT2D eigenvalue weighted by Crippen LogP contribution is -2.41. The summed E-state index contributed by atoms with van der Waals surface area (Å²) in [6.45, 7) is -2.71. The fraction of sp³-hybridized carbons (Fsp3) is 0.438. The highest BCUT2D eigenvalue weighted by Gasteiger charge is 2.41. The van der Waals surface area contributed by atoms with Crippen LogP contribution in [0.15, 0.2) is 24.3 Å². The van der Waals surface area contributed by atoms with E-state index in [0.29, 0.717) is 10.5 Å². The van der Waals surface area contributed by atoms with Gasteiger partial charge in [-0.1, -0.05) is 12.1 Å². The van der Waals surface area contributed by atoms with Crippen LogP contribution in [0.3, 0.4) is 0 Å². The number of carboxylic acids is 1. The third-order valence-electron chi connectivity index (χ3n) is 3.86. The van der Waals surface area contributed by atoms with E-state index in [-0.39, 0.29) is 6.54 Å². The summed E-state index contributed by atoms with van der Waals surface area (Å²) in [4.78, 5) is 36.7. The molecule has 0 aliphatic carbocycles. The van der Waals surface area contributed by atoms with Crippen molar-refractivity contribution in [3.8, 4) is 0 Å². The smallest absolute Gasteiger partial charge is 0.406 e. The molecule has 0 bridgehead atoms. The van der Waals surface area contributed by atoms with Crippen molar-refractivity contribution in [3.63, 3.8) is 0 Å². The summed E-state index contributed by atoms with van der Waals surface area (Å²) in [6.07, 6.45) is -4.99. The van der Waals surface area contributed by atoms with Crippen LogP contribution in [0.2, 0.25) is 0 Å². The van der Waals surface area contributed by atoms with Crippen molar-refractivity contribution in [2.75, 3.05) is 19.6 Å². The first-order valence-corrected chi connectivity index (χ1v) is 7.64. The summed E-state index contributed by atoms with van der Waals surface area (Å²) in [6, 6.07) is 5.02. The van der Waals surface area contributed by atoms with E-state index in [1.165, 1.54) is 12.1 Å². The van der Waals surface area contributed by atoms with E-state index in [2.05, 4.69) is 0 Å². The van der Waals surface area contributed by atoms with Crippen molar-refractivity contribution in [2.45, 2.75) is 19.1 Å². The highest BCUT2D eigenvalue weighted by Crippen LogP contribution is 2.25. The standard InChI is InChI=1S/C16H16F4N2O4/c17-12-3-1-10(2-4-12)6-21(8-14(24)25)15(26)11-5-13(23)22(7-11)9-16(18,19)20/h1-4,11H,5-9H2,(H,24,25). The predicted octanol–water partition coefficient (Wildman–Crippen LogP) is 1.65. The Balaban J connectivity index is 2.10. The second-order valence-electron chi connectivity index (χ2n) is 6.00. The zero-order chi connectivity index (χ0) is 19.5.